The van der Waals surface area contributed by atoms with E-state index in [1.54, 1.807) is 14.2 Å². The number of nitrogens with two attached hydrogens (primary N) is 1. The topological polar surface area (TPSA) is 61.5 Å². The number of rotatable bonds is 5. The van der Waals surface area contributed by atoms with Crippen LogP contribution in [-0.4, -0.2) is 20.1 Å². The van der Waals surface area contributed by atoms with Crippen LogP contribution in [0.5, 0.6) is 11.5 Å². The zero-order chi connectivity index (χ0) is 11.3. The molecule has 0 bridgehead atoms. The molecule has 4 nitrogen and oxygen atoms in total. The Morgan fingerprint density at radius 3 is 2.38 bits per heavy atom. The smallest absolute Gasteiger partial charge is 0.217 e. The maximum absolute atomic E-state index is 10.6. The van der Waals surface area contributed by atoms with Gasteiger partial charge in [-0.3, -0.25) is 4.79 Å². The molecule has 5 heteroatoms. The van der Waals surface area contributed by atoms with Gasteiger partial charge in [0.05, 0.1) is 14.2 Å². The summed E-state index contributed by atoms with van der Waals surface area (Å²) in [7, 11) is 3.16. The predicted molar refractivity (Wildman–Crippen MR) is 64.3 cm³/mol. The Labute approximate surface area is 101 Å². The van der Waals surface area contributed by atoms with Crippen LogP contribution in [0, 0.1) is 0 Å². The fourth-order valence-corrected chi connectivity index (χ4v) is 1.30. The summed E-state index contributed by atoms with van der Waals surface area (Å²) >= 11 is 0. The second kappa shape index (κ2) is 6.95. The molecule has 0 aliphatic rings. The van der Waals surface area contributed by atoms with E-state index in [-0.39, 0.29) is 18.3 Å². The normalized spacial score (nSPS) is 9.12. The average Bonchev–Trinajstić information content (AvgIpc) is 2.25. The summed E-state index contributed by atoms with van der Waals surface area (Å²) in [5, 5.41) is 0. The molecule has 0 aliphatic carbocycles. The van der Waals surface area contributed by atoms with E-state index in [0.29, 0.717) is 24.3 Å². The van der Waals surface area contributed by atoms with Gasteiger partial charge in [0.25, 0.3) is 0 Å². The second-order valence-corrected chi connectivity index (χ2v) is 3.16. The highest BCUT2D eigenvalue weighted by atomic mass is 35.5. The molecule has 0 heterocycles. The van der Waals surface area contributed by atoms with Crippen LogP contribution in [0.4, 0.5) is 0 Å². The molecule has 1 aromatic carbocycles. The van der Waals surface area contributed by atoms with Gasteiger partial charge in [-0.2, -0.15) is 0 Å². The molecule has 0 saturated carbocycles. The fraction of sp³-hybridized carbons (Fsp3) is 0.364. The first kappa shape index (κ1) is 14.6. The van der Waals surface area contributed by atoms with Gasteiger partial charge in [0.15, 0.2) is 11.5 Å². The van der Waals surface area contributed by atoms with E-state index in [0.717, 1.165) is 5.56 Å². The van der Waals surface area contributed by atoms with Gasteiger partial charge in [-0.25, -0.2) is 0 Å². The summed E-state index contributed by atoms with van der Waals surface area (Å²) in [5.74, 6) is 1.05. The minimum atomic E-state index is -0.301. The minimum Gasteiger partial charge on any atom is -0.493 e. The van der Waals surface area contributed by atoms with E-state index in [4.69, 9.17) is 15.2 Å². The third-order valence-corrected chi connectivity index (χ3v) is 2.11. The van der Waals surface area contributed by atoms with E-state index in [9.17, 15) is 4.79 Å². The van der Waals surface area contributed by atoms with Gasteiger partial charge in [-0.1, -0.05) is 6.07 Å². The summed E-state index contributed by atoms with van der Waals surface area (Å²) in [5.41, 5.74) is 6.08. The van der Waals surface area contributed by atoms with Crippen LogP contribution in [0.25, 0.3) is 0 Å². The molecule has 0 atom stereocenters. The molecule has 0 radical (unpaired) electrons. The molecule has 1 amide bonds. The number of aryl methyl sites for hydroxylation is 1. The van der Waals surface area contributed by atoms with Crippen molar-refractivity contribution < 1.29 is 14.3 Å². The molecule has 2 N–H and O–H groups in total. The van der Waals surface area contributed by atoms with Crippen LogP contribution in [0.3, 0.4) is 0 Å². The fourth-order valence-electron chi connectivity index (χ4n) is 1.30. The summed E-state index contributed by atoms with van der Waals surface area (Å²) in [4.78, 5) is 10.6. The third kappa shape index (κ3) is 3.98. The van der Waals surface area contributed by atoms with E-state index in [1.165, 1.54) is 0 Å². The van der Waals surface area contributed by atoms with Crippen molar-refractivity contribution in [3.63, 3.8) is 0 Å². The van der Waals surface area contributed by atoms with Gasteiger partial charge in [0.1, 0.15) is 0 Å². The van der Waals surface area contributed by atoms with Crippen molar-refractivity contribution in [2.45, 2.75) is 12.8 Å². The van der Waals surface area contributed by atoms with Gasteiger partial charge >= 0.3 is 0 Å². The van der Waals surface area contributed by atoms with E-state index in [1.807, 2.05) is 18.2 Å². The molecule has 0 unspecified atom stereocenters. The number of hydrogen-bond donors (Lipinski definition) is 1. The van der Waals surface area contributed by atoms with Gasteiger partial charge in [-0.15, -0.1) is 12.4 Å². The summed E-state index contributed by atoms with van der Waals surface area (Å²) in [6.45, 7) is 0. The molecular weight excluding hydrogens is 230 g/mol. The standard InChI is InChI=1S/C11H15NO3.ClH/c1-14-9-5-3-8(4-6-11(12)13)7-10(9)15-2;/h3,5,7H,4,6H2,1-2H3,(H2,12,13);1H. The van der Waals surface area contributed by atoms with Gasteiger partial charge < -0.3 is 15.2 Å². The van der Waals surface area contributed by atoms with Gasteiger partial charge in [-0.05, 0) is 24.1 Å². The van der Waals surface area contributed by atoms with Crippen LogP contribution < -0.4 is 15.2 Å². The maximum atomic E-state index is 10.6. The number of halogens is 1. The van der Waals surface area contributed by atoms with Crippen LogP contribution in [0.15, 0.2) is 18.2 Å². The highest BCUT2D eigenvalue weighted by Gasteiger charge is 2.05. The van der Waals surface area contributed by atoms with Crippen LogP contribution in [0.1, 0.15) is 12.0 Å². The highest BCUT2D eigenvalue weighted by Crippen LogP contribution is 2.27. The van der Waals surface area contributed by atoms with Crippen molar-refractivity contribution in [1.29, 1.82) is 0 Å². The third-order valence-electron chi connectivity index (χ3n) is 2.11. The number of carbonyl (C=O) groups excluding carboxylic acids is 1. The number of amides is 1. The molecule has 1 rings (SSSR count). The second-order valence-electron chi connectivity index (χ2n) is 3.16. The predicted octanol–water partition coefficient (Wildman–Crippen LogP) is 1.54. The monoisotopic (exact) mass is 245 g/mol. The summed E-state index contributed by atoms with van der Waals surface area (Å²) in [6.07, 6.45) is 0.963. The Balaban J connectivity index is 0.00000225. The van der Waals surface area contributed by atoms with Gasteiger partial charge in [0.2, 0.25) is 5.91 Å². The number of methoxy groups -OCH3 is 2. The van der Waals surface area contributed by atoms with Crippen molar-refractivity contribution >= 4 is 18.3 Å². The Morgan fingerprint density at radius 2 is 1.88 bits per heavy atom. The number of primary amides is 1. The Bertz CT molecular complexity index is 355. The molecule has 0 saturated heterocycles. The number of carbonyl (C=O) groups is 1. The molecule has 16 heavy (non-hydrogen) atoms. The van der Waals surface area contributed by atoms with Crippen molar-refractivity contribution in [3.8, 4) is 11.5 Å². The molecule has 0 aromatic heterocycles. The van der Waals surface area contributed by atoms with Gasteiger partial charge in [0, 0.05) is 6.42 Å². The highest BCUT2D eigenvalue weighted by molar-refractivity contribution is 5.85. The minimum absolute atomic E-state index is 0. The Kier molecular flexibility index (Phi) is 6.34. The summed E-state index contributed by atoms with van der Waals surface area (Å²) < 4.78 is 10.2. The Hall–Kier alpha value is -1.42. The van der Waals surface area contributed by atoms with Crippen LogP contribution in [0.2, 0.25) is 0 Å². The van der Waals surface area contributed by atoms with E-state index < -0.39 is 0 Å². The molecule has 1 aromatic rings. The molecule has 0 fully saturated rings. The lowest BCUT2D eigenvalue weighted by molar-refractivity contribution is -0.117. The number of benzene rings is 1. The summed E-state index contributed by atoms with van der Waals surface area (Å²) in [6, 6.07) is 5.56. The number of ether oxygens (including phenoxy) is 2. The van der Waals surface area contributed by atoms with Crippen LogP contribution in [-0.2, 0) is 11.2 Å². The van der Waals surface area contributed by atoms with Crippen molar-refractivity contribution in [3.05, 3.63) is 23.8 Å². The lowest BCUT2D eigenvalue weighted by atomic mass is 10.1. The van der Waals surface area contributed by atoms with Crippen LogP contribution >= 0.6 is 12.4 Å². The number of hydrogen-bond acceptors (Lipinski definition) is 3. The van der Waals surface area contributed by atoms with E-state index in [2.05, 4.69) is 0 Å². The lowest BCUT2D eigenvalue weighted by Crippen LogP contribution is -2.11. The van der Waals surface area contributed by atoms with Crippen molar-refractivity contribution in [1.82, 2.24) is 0 Å². The molecule has 90 valence electrons. The molecule has 0 aliphatic heterocycles. The Morgan fingerprint density at radius 1 is 1.25 bits per heavy atom. The molecular formula is C11H16ClNO3. The van der Waals surface area contributed by atoms with Crippen molar-refractivity contribution in [2.24, 2.45) is 5.73 Å². The zero-order valence-corrected chi connectivity index (χ0v) is 10.2. The first-order valence-corrected chi connectivity index (χ1v) is 4.66. The maximum Gasteiger partial charge on any atom is 0.217 e. The quantitative estimate of drug-likeness (QED) is 0.856. The van der Waals surface area contributed by atoms with E-state index >= 15 is 0 Å². The average molecular weight is 246 g/mol. The van der Waals surface area contributed by atoms with Crippen molar-refractivity contribution in [2.75, 3.05) is 14.2 Å². The molecule has 0 spiro atoms. The zero-order valence-electron chi connectivity index (χ0n) is 9.36. The first-order chi connectivity index (χ1) is 7.17. The first-order valence-electron chi connectivity index (χ1n) is 4.66. The SMILES string of the molecule is COc1ccc(CCC(N)=O)cc1OC.Cl. The largest absolute Gasteiger partial charge is 0.493 e. The lowest BCUT2D eigenvalue weighted by Gasteiger charge is -2.08.